The number of pyridine rings is 1. The summed E-state index contributed by atoms with van der Waals surface area (Å²) in [7, 11) is 1.33. The first-order valence-electron chi connectivity index (χ1n) is 9.69. The molecule has 0 saturated carbocycles. The number of nitrogens with zero attached hydrogens (tertiary/aromatic N) is 1. The van der Waals surface area contributed by atoms with Crippen molar-refractivity contribution in [3.63, 3.8) is 0 Å². The number of rotatable bonds is 6. The molecule has 0 fully saturated rings. The Kier molecular flexibility index (Phi) is 6.98. The molecule has 1 aliphatic carbocycles. The standard InChI is InChI=1S/C21H24N2O5S/c1-3-15(28-20(25)13-9-11-22-12-10-13)18(24)23-19-17(21(26)27-2)14-7-5-4-6-8-16(14)29-19/h9-12,15H,3-8H2,1-2H3,(H,23,24). The zero-order valence-electron chi connectivity index (χ0n) is 16.5. The van der Waals surface area contributed by atoms with Gasteiger partial charge in [-0.1, -0.05) is 13.3 Å². The molecule has 1 amide bonds. The Morgan fingerprint density at radius 2 is 1.86 bits per heavy atom. The molecule has 2 heterocycles. The molecular formula is C21H24N2O5S. The average Bonchev–Trinajstić information content (AvgIpc) is 2.91. The van der Waals surface area contributed by atoms with Crippen LogP contribution in [0.15, 0.2) is 24.5 Å². The molecular weight excluding hydrogens is 392 g/mol. The summed E-state index contributed by atoms with van der Waals surface area (Å²) in [5.74, 6) is -1.51. The van der Waals surface area contributed by atoms with Crippen LogP contribution in [-0.2, 0) is 27.1 Å². The number of thiophene rings is 1. The van der Waals surface area contributed by atoms with Gasteiger partial charge in [0.25, 0.3) is 5.91 Å². The molecule has 0 spiro atoms. The molecule has 7 nitrogen and oxygen atoms in total. The highest BCUT2D eigenvalue weighted by molar-refractivity contribution is 7.17. The first kappa shape index (κ1) is 21.0. The molecule has 0 radical (unpaired) electrons. The second-order valence-corrected chi connectivity index (χ2v) is 7.89. The van der Waals surface area contributed by atoms with E-state index in [1.807, 2.05) is 0 Å². The molecule has 0 saturated heterocycles. The van der Waals surface area contributed by atoms with E-state index in [9.17, 15) is 14.4 Å². The van der Waals surface area contributed by atoms with E-state index in [0.717, 1.165) is 42.5 Å². The van der Waals surface area contributed by atoms with Gasteiger partial charge in [0.15, 0.2) is 6.10 Å². The van der Waals surface area contributed by atoms with E-state index in [2.05, 4.69) is 10.3 Å². The number of fused-ring (bicyclic) bond motifs is 1. The maximum atomic E-state index is 12.8. The van der Waals surface area contributed by atoms with Crippen LogP contribution < -0.4 is 5.32 Å². The number of aryl methyl sites for hydroxylation is 1. The smallest absolute Gasteiger partial charge is 0.341 e. The van der Waals surface area contributed by atoms with E-state index in [4.69, 9.17) is 9.47 Å². The van der Waals surface area contributed by atoms with Gasteiger partial charge in [-0.05, 0) is 49.8 Å². The van der Waals surface area contributed by atoms with Crippen molar-refractivity contribution >= 4 is 34.2 Å². The highest BCUT2D eigenvalue weighted by Crippen LogP contribution is 2.38. The van der Waals surface area contributed by atoms with E-state index >= 15 is 0 Å². The van der Waals surface area contributed by atoms with Crippen LogP contribution in [0.3, 0.4) is 0 Å². The maximum Gasteiger partial charge on any atom is 0.341 e. The fourth-order valence-electron chi connectivity index (χ4n) is 3.35. The zero-order valence-corrected chi connectivity index (χ0v) is 17.3. The van der Waals surface area contributed by atoms with Crippen LogP contribution in [0.1, 0.15) is 63.8 Å². The lowest BCUT2D eigenvalue weighted by Crippen LogP contribution is -2.32. The highest BCUT2D eigenvalue weighted by atomic mass is 32.1. The number of carbonyl (C=O) groups excluding carboxylic acids is 3. The Morgan fingerprint density at radius 3 is 2.55 bits per heavy atom. The summed E-state index contributed by atoms with van der Waals surface area (Å²) in [5, 5.41) is 3.27. The van der Waals surface area contributed by atoms with Gasteiger partial charge in [-0.25, -0.2) is 9.59 Å². The van der Waals surface area contributed by atoms with Gasteiger partial charge in [-0.2, -0.15) is 0 Å². The Hall–Kier alpha value is -2.74. The van der Waals surface area contributed by atoms with E-state index < -0.39 is 23.9 Å². The first-order valence-corrected chi connectivity index (χ1v) is 10.5. The van der Waals surface area contributed by atoms with Gasteiger partial charge in [0, 0.05) is 17.3 Å². The van der Waals surface area contributed by atoms with Gasteiger partial charge >= 0.3 is 11.9 Å². The van der Waals surface area contributed by atoms with Crippen molar-refractivity contribution in [1.82, 2.24) is 4.98 Å². The van der Waals surface area contributed by atoms with E-state index in [1.54, 1.807) is 6.92 Å². The summed E-state index contributed by atoms with van der Waals surface area (Å²) in [6.45, 7) is 1.76. The molecule has 1 unspecified atom stereocenters. The SMILES string of the molecule is CCC(OC(=O)c1ccncc1)C(=O)Nc1sc2c(c1C(=O)OC)CCCCC2. The number of anilines is 1. The molecule has 0 aliphatic heterocycles. The van der Waals surface area contributed by atoms with Crippen LogP contribution in [0.25, 0.3) is 0 Å². The van der Waals surface area contributed by atoms with E-state index in [0.29, 0.717) is 22.5 Å². The Bertz CT molecular complexity index is 894. The van der Waals surface area contributed by atoms with Gasteiger partial charge in [0.05, 0.1) is 18.2 Å². The molecule has 154 valence electrons. The number of carbonyl (C=O) groups is 3. The topological polar surface area (TPSA) is 94.6 Å². The quantitative estimate of drug-likeness (QED) is 0.569. The van der Waals surface area contributed by atoms with Gasteiger partial charge in [0.2, 0.25) is 0 Å². The van der Waals surface area contributed by atoms with Gasteiger partial charge in [-0.3, -0.25) is 9.78 Å². The molecule has 3 rings (SSSR count). The van der Waals surface area contributed by atoms with Crippen molar-refractivity contribution in [2.45, 2.75) is 51.6 Å². The molecule has 2 aromatic heterocycles. The Balaban J connectivity index is 1.79. The first-order chi connectivity index (χ1) is 14.0. The second-order valence-electron chi connectivity index (χ2n) is 6.79. The molecule has 1 atom stereocenters. The number of hydrogen-bond acceptors (Lipinski definition) is 7. The molecule has 8 heteroatoms. The average molecular weight is 416 g/mol. The number of aromatic nitrogens is 1. The lowest BCUT2D eigenvalue weighted by atomic mass is 10.1. The molecule has 0 bridgehead atoms. The van der Waals surface area contributed by atoms with Crippen molar-refractivity contribution in [3.8, 4) is 0 Å². The van der Waals surface area contributed by atoms with Crippen LogP contribution >= 0.6 is 11.3 Å². The lowest BCUT2D eigenvalue weighted by molar-refractivity contribution is -0.124. The number of nitrogens with one attached hydrogen (secondary N) is 1. The maximum absolute atomic E-state index is 12.8. The van der Waals surface area contributed by atoms with Crippen LogP contribution in [-0.4, -0.2) is 36.0 Å². The monoisotopic (exact) mass is 416 g/mol. The molecule has 2 aromatic rings. The van der Waals surface area contributed by atoms with Gasteiger partial charge in [-0.15, -0.1) is 11.3 Å². The van der Waals surface area contributed by atoms with E-state index in [1.165, 1.54) is 43.0 Å². The largest absolute Gasteiger partial charge is 0.465 e. The Labute approximate surface area is 173 Å². The predicted octanol–water partition coefficient (Wildman–Crippen LogP) is 3.77. The fraction of sp³-hybridized carbons (Fsp3) is 0.429. The molecule has 0 aromatic carbocycles. The number of hydrogen-bond donors (Lipinski definition) is 1. The minimum Gasteiger partial charge on any atom is -0.465 e. The molecule has 1 aliphatic rings. The zero-order chi connectivity index (χ0) is 20.8. The van der Waals surface area contributed by atoms with Crippen LogP contribution in [0.4, 0.5) is 5.00 Å². The normalized spacial score (nSPS) is 14.3. The number of amides is 1. The Morgan fingerprint density at radius 1 is 1.14 bits per heavy atom. The highest BCUT2D eigenvalue weighted by Gasteiger charge is 2.29. The summed E-state index contributed by atoms with van der Waals surface area (Å²) in [4.78, 5) is 42.5. The van der Waals surface area contributed by atoms with Crippen molar-refractivity contribution in [3.05, 3.63) is 46.1 Å². The third-order valence-corrected chi connectivity index (χ3v) is 6.08. The van der Waals surface area contributed by atoms with Crippen molar-refractivity contribution < 1.29 is 23.9 Å². The van der Waals surface area contributed by atoms with E-state index in [-0.39, 0.29) is 0 Å². The summed E-state index contributed by atoms with van der Waals surface area (Å²) in [6.07, 6.45) is 7.16. The van der Waals surface area contributed by atoms with Crippen molar-refractivity contribution in [2.75, 3.05) is 12.4 Å². The number of esters is 2. The van der Waals surface area contributed by atoms with Crippen LogP contribution in [0, 0.1) is 0 Å². The van der Waals surface area contributed by atoms with Gasteiger partial charge < -0.3 is 14.8 Å². The number of ether oxygens (including phenoxy) is 2. The lowest BCUT2D eigenvalue weighted by Gasteiger charge is -2.16. The minimum absolute atomic E-state index is 0.307. The van der Waals surface area contributed by atoms with Gasteiger partial charge in [0.1, 0.15) is 5.00 Å². The summed E-state index contributed by atoms with van der Waals surface area (Å²) < 4.78 is 10.3. The molecule has 1 N–H and O–H groups in total. The third-order valence-electron chi connectivity index (χ3n) is 4.88. The summed E-state index contributed by atoms with van der Waals surface area (Å²) in [6, 6.07) is 3.05. The number of methoxy groups -OCH3 is 1. The second kappa shape index (κ2) is 9.65. The van der Waals surface area contributed by atoms with Crippen LogP contribution in [0.2, 0.25) is 0 Å². The molecule has 29 heavy (non-hydrogen) atoms. The van der Waals surface area contributed by atoms with Crippen LogP contribution in [0.5, 0.6) is 0 Å². The summed E-state index contributed by atoms with van der Waals surface area (Å²) >= 11 is 1.41. The summed E-state index contributed by atoms with van der Waals surface area (Å²) in [5.41, 5.74) is 1.72. The minimum atomic E-state index is -0.969. The fourth-order valence-corrected chi connectivity index (χ4v) is 4.63. The predicted molar refractivity (Wildman–Crippen MR) is 109 cm³/mol. The van der Waals surface area contributed by atoms with Crippen molar-refractivity contribution in [2.24, 2.45) is 0 Å². The van der Waals surface area contributed by atoms with Crippen molar-refractivity contribution in [1.29, 1.82) is 0 Å². The third kappa shape index (κ3) is 4.82.